The zero-order valence-corrected chi connectivity index (χ0v) is 11.2. The first-order valence-corrected chi connectivity index (χ1v) is 6.10. The van der Waals surface area contributed by atoms with Crippen LogP contribution in [0.1, 0.15) is 32.8 Å². The number of hydrogen-bond acceptors (Lipinski definition) is 3. The topological polar surface area (TPSA) is 58.6 Å². The Hall–Kier alpha value is -1.55. The fourth-order valence-electron chi connectivity index (χ4n) is 1.38. The van der Waals surface area contributed by atoms with Crippen LogP contribution >= 0.6 is 0 Å². The van der Waals surface area contributed by atoms with Gasteiger partial charge in [-0.3, -0.25) is 4.79 Å². The second-order valence-electron chi connectivity index (χ2n) is 4.88. The molecule has 0 spiro atoms. The van der Waals surface area contributed by atoms with Crippen LogP contribution in [0.4, 0.5) is 0 Å². The first-order valence-electron chi connectivity index (χ1n) is 6.10. The van der Waals surface area contributed by atoms with Gasteiger partial charge in [-0.2, -0.15) is 0 Å². The molecule has 0 aliphatic rings. The van der Waals surface area contributed by atoms with Gasteiger partial charge in [0.05, 0.1) is 6.61 Å². The molecule has 0 fully saturated rings. The van der Waals surface area contributed by atoms with Crippen molar-refractivity contribution in [3.63, 3.8) is 0 Å². The number of rotatable bonds is 6. The second kappa shape index (κ2) is 6.40. The molecule has 0 aromatic heterocycles. The minimum absolute atomic E-state index is 0.0156. The first-order chi connectivity index (χ1) is 8.46. The van der Waals surface area contributed by atoms with E-state index < -0.39 is 0 Å². The van der Waals surface area contributed by atoms with Gasteiger partial charge in [0, 0.05) is 5.54 Å². The minimum Gasteiger partial charge on any atom is -0.484 e. The number of nitrogens with one attached hydrogen (secondary N) is 1. The lowest BCUT2D eigenvalue weighted by molar-refractivity contribution is -0.124. The predicted octanol–water partition coefficient (Wildman–Crippen LogP) is 1.86. The molecule has 0 bridgehead atoms. The molecule has 0 saturated heterocycles. The number of amides is 1. The Morgan fingerprint density at radius 2 is 2.17 bits per heavy atom. The summed E-state index contributed by atoms with van der Waals surface area (Å²) in [6.45, 7) is 5.91. The zero-order chi connectivity index (χ0) is 13.6. The van der Waals surface area contributed by atoms with Gasteiger partial charge in [-0.1, -0.05) is 19.1 Å². The third kappa shape index (κ3) is 4.75. The molecule has 0 aliphatic heterocycles. The second-order valence-corrected chi connectivity index (χ2v) is 4.88. The average molecular weight is 251 g/mol. The monoisotopic (exact) mass is 251 g/mol. The smallest absolute Gasteiger partial charge is 0.258 e. The maximum atomic E-state index is 11.7. The third-order valence-corrected chi connectivity index (χ3v) is 2.81. The Morgan fingerprint density at radius 3 is 2.78 bits per heavy atom. The summed E-state index contributed by atoms with van der Waals surface area (Å²) in [5.41, 5.74) is 0.551. The molecule has 1 aromatic rings. The van der Waals surface area contributed by atoms with Crippen LogP contribution in [0.2, 0.25) is 0 Å². The number of aliphatic hydroxyl groups excluding tert-OH is 1. The maximum absolute atomic E-state index is 11.7. The average Bonchev–Trinajstić information content (AvgIpc) is 2.36. The van der Waals surface area contributed by atoms with Crippen LogP contribution in [0.25, 0.3) is 0 Å². The summed E-state index contributed by atoms with van der Waals surface area (Å²) in [5.74, 6) is 0.447. The number of aliphatic hydroxyl groups is 1. The molecule has 1 rings (SSSR count). The summed E-state index contributed by atoms with van der Waals surface area (Å²) in [5, 5.41) is 11.9. The van der Waals surface area contributed by atoms with Gasteiger partial charge in [-0.25, -0.2) is 0 Å². The molecule has 0 saturated carbocycles. The van der Waals surface area contributed by atoms with Crippen molar-refractivity contribution in [3.05, 3.63) is 29.8 Å². The number of ether oxygens (including phenoxy) is 1. The molecule has 1 amide bonds. The van der Waals surface area contributed by atoms with E-state index in [1.165, 1.54) is 0 Å². The van der Waals surface area contributed by atoms with Crippen LogP contribution < -0.4 is 10.1 Å². The maximum Gasteiger partial charge on any atom is 0.258 e. The van der Waals surface area contributed by atoms with Crippen LogP contribution in [0.3, 0.4) is 0 Å². The molecule has 18 heavy (non-hydrogen) atoms. The van der Waals surface area contributed by atoms with Gasteiger partial charge in [-0.15, -0.1) is 0 Å². The Bertz CT molecular complexity index is 402. The molecule has 0 aliphatic carbocycles. The zero-order valence-electron chi connectivity index (χ0n) is 11.2. The van der Waals surface area contributed by atoms with Crippen molar-refractivity contribution in [2.45, 2.75) is 39.3 Å². The van der Waals surface area contributed by atoms with Gasteiger partial charge in [0.15, 0.2) is 6.61 Å². The van der Waals surface area contributed by atoms with Crippen molar-refractivity contribution in [2.75, 3.05) is 6.61 Å². The largest absolute Gasteiger partial charge is 0.484 e. The van der Waals surface area contributed by atoms with Crippen molar-refractivity contribution in [2.24, 2.45) is 0 Å². The van der Waals surface area contributed by atoms with Crippen LogP contribution in [-0.4, -0.2) is 23.2 Å². The van der Waals surface area contributed by atoms with E-state index in [9.17, 15) is 4.79 Å². The normalized spacial score (nSPS) is 11.1. The van der Waals surface area contributed by atoms with Gasteiger partial charge in [0.1, 0.15) is 5.75 Å². The van der Waals surface area contributed by atoms with Crippen LogP contribution in [0, 0.1) is 0 Å². The molecule has 100 valence electrons. The van der Waals surface area contributed by atoms with Crippen LogP contribution in [0.5, 0.6) is 5.75 Å². The first kappa shape index (κ1) is 14.5. The Morgan fingerprint density at radius 1 is 1.44 bits per heavy atom. The van der Waals surface area contributed by atoms with Crippen molar-refractivity contribution in [1.29, 1.82) is 0 Å². The molecular formula is C14H21NO3. The number of carbonyl (C=O) groups is 1. The highest BCUT2D eigenvalue weighted by atomic mass is 16.5. The molecule has 2 N–H and O–H groups in total. The molecule has 4 nitrogen and oxygen atoms in total. The molecule has 1 aromatic carbocycles. The standard InChI is InChI=1S/C14H21NO3/c1-4-14(2,3)15-13(17)10-18-12-7-5-6-11(8-12)9-16/h5-8,16H,4,9-10H2,1-3H3,(H,15,17). The van der Waals surface area contributed by atoms with Crippen LogP contribution in [0.15, 0.2) is 24.3 Å². The highest BCUT2D eigenvalue weighted by molar-refractivity contribution is 5.78. The highest BCUT2D eigenvalue weighted by Crippen LogP contribution is 2.13. The summed E-state index contributed by atoms with van der Waals surface area (Å²) in [4.78, 5) is 11.7. The van der Waals surface area contributed by atoms with Gasteiger partial charge in [-0.05, 0) is 38.0 Å². The van der Waals surface area contributed by atoms with Crippen molar-refractivity contribution in [3.8, 4) is 5.75 Å². The van der Waals surface area contributed by atoms with Gasteiger partial charge in [0.25, 0.3) is 5.91 Å². The molecular weight excluding hydrogens is 230 g/mol. The van der Waals surface area contributed by atoms with E-state index in [1.54, 1.807) is 24.3 Å². The molecule has 4 heteroatoms. The SMILES string of the molecule is CCC(C)(C)NC(=O)COc1cccc(CO)c1. The fraction of sp³-hybridized carbons (Fsp3) is 0.500. The number of hydrogen-bond donors (Lipinski definition) is 2. The molecule has 0 atom stereocenters. The Balaban J connectivity index is 2.47. The van der Waals surface area contributed by atoms with Gasteiger partial charge >= 0.3 is 0 Å². The van der Waals surface area contributed by atoms with Crippen LogP contribution in [-0.2, 0) is 11.4 Å². The van der Waals surface area contributed by atoms with E-state index in [1.807, 2.05) is 20.8 Å². The molecule has 0 unspecified atom stereocenters. The Kier molecular flexibility index (Phi) is 5.16. The highest BCUT2D eigenvalue weighted by Gasteiger charge is 2.17. The molecule has 0 radical (unpaired) electrons. The van der Waals surface area contributed by atoms with Crippen molar-refractivity contribution in [1.82, 2.24) is 5.32 Å². The lowest BCUT2D eigenvalue weighted by Crippen LogP contribution is -2.44. The summed E-state index contributed by atoms with van der Waals surface area (Å²) >= 11 is 0. The summed E-state index contributed by atoms with van der Waals surface area (Å²) in [6.07, 6.45) is 0.860. The van der Waals surface area contributed by atoms with E-state index in [2.05, 4.69) is 5.32 Å². The van der Waals surface area contributed by atoms with E-state index in [0.29, 0.717) is 5.75 Å². The number of benzene rings is 1. The van der Waals surface area contributed by atoms with E-state index in [4.69, 9.17) is 9.84 Å². The van der Waals surface area contributed by atoms with E-state index >= 15 is 0 Å². The summed E-state index contributed by atoms with van der Waals surface area (Å²) in [6, 6.07) is 7.07. The van der Waals surface area contributed by atoms with E-state index in [0.717, 1.165) is 12.0 Å². The fourth-order valence-corrected chi connectivity index (χ4v) is 1.38. The Labute approximate surface area is 108 Å². The predicted molar refractivity (Wildman–Crippen MR) is 70.4 cm³/mol. The van der Waals surface area contributed by atoms with Gasteiger partial charge in [0.2, 0.25) is 0 Å². The van der Waals surface area contributed by atoms with Crippen molar-refractivity contribution < 1.29 is 14.6 Å². The summed E-state index contributed by atoms with van der Waals surface area (Å²) in [7, 11) is 0. The minimum atomic E-state index is -0.215. The summed E-state index contributed by atoms with van der Waals surface area (Å²) < 4.78 is 5.38. The lowest BCUT2D eigenvalue weighted by atomic mass is 10.0. The van der Waals surface area contributed by atoms with E-state index in [-0.39, 0.29) is 24.7 Å². The van der Waals surface area contributed by atoms with Crippen molar-refractivity contribution >= 4 is 5.91 Å². The lowest BCUT2D eigenvalue weighted by Gasteiger charge is -2.24. The third-order valence-electron chi connectivity index (χ3n) is 2.81. The van der Waals surface area contributed by atoms with Gasteiger partial charge < -0.3 is 15.2 Å². The quantitative estimate of drug-likeness (QED) is 0.811. The molecule has 0 heterocycles. The number of carbonyl (C=O) groups excluding carboxylic acids is 1.